The fourth-order valence-corrected chi connectivity index (χ4v) is 2.05. The first kappa shape index (κ1) is 17.8. The second-order valence-corrected chi connectivity index (χ2v) is 5.15. The van der Waals surface area contributed by atoms with Crippen LogP contribution in [0.4, 0.5) is 21.5 Å². The quantitative estimate of drug-likeness (QED) is 0.616. The van der Waals surface area contributed by atoms with Crippen LogP contribution in [0.15, 0.2) is 12.1 Å². The summed E-state index contributed by atoms with van der Waals surface area (Å²) in [4.78, 5) is 25.2. The van der Waals surface area contributed by atoms with Gasteiger partial charge in [-0.2, -0.15) is 0 Å². The maximum Gasteiger partial charge on any atom is 0.274 e. The van der Waals surface area contributed by atoms with Crippen LogP contribution in [0.3, 0.4) is 0 Å². The molecular formula is C14H21FN4O3. The Kier molecular flexibility index (Phi) is 6.24. The summed E-state index contributed by atoms with van der Waals surface area (Å²) in [5, 5.41) is 13.3. The summed E-state index contributed by atoms with van der Waals surface area (Å²) in [6, 6.07) is 2.05. The number of carbonyl (C=O) groups is 1. The summed E-state index contributed by atoms with van der Waals surface area (Å²) >= 11 is 0. The number of nitro groups is 1. The maximum absolute atomic E-state index is 14.4. The number of rotatable bonds is 7. The number of non-ortho nitro benzene ring substituents is 1. The van der Waals surface area contributed by atoms with Crippen molar-refractivity contribution < 1.29 is 14.1 Å². The second-order valence-electron chi connectivity index (χ2n) is 5.15. The average molecular weight is 312 g/mol. The molecular weight excluding hydrogens is 291 g/mol. The fraction of sp³-hybridized carbons (Fsp3) is 0.500. The van der Waals surface area contributed by atoms with Crippen LogP contribution >= 0.6 is 0 Å². The van der Waals surface area contributed by atoms with Gasteiger partial charge in [-0.3, -0.25) is 14.9 Å². The summed E-state index contributed by atoms with van der Waals surface area (Å²) in [6.45, 7) is 4.86. The Morgan fingerprint density at radius 3 is 2.45 bits per heavy atom. The average Bonchev–Trinajstić information content (AvgIpc) is 2.40. The first-order valence-electron chi connectivity index (χ1n) is 6.91. The van der Waals surface area contributed by atoms with Crippen LogP contribution in [0.25, 0.3) is 0 Å². The van der Waals surface area contributed by atoms with Crippen LogP contribution in [0, 0.1) is 15.9 Å². The number of nitrogens with zero attached hydrogens (tertiary/aromatic N) is 3. The fourth-order valence-electron chi connectivity index (χ4n) is 2.05. The van der Waals surface area contributed by atoms with Gasteiger partial charge in [-0.25, -0.2) is 4.39 Å². The molecule has 0 saturated carbocycles. The van der Waals surface area contributed by atoms with Crippen molar-refractivity contribution in [3.05, 3.63) is 28.1 Å². The molecule has 1 N–H and O–H groups in total. The molecule has 0 aliphatic rings. The van der Waals surface area contributed by atoms with E-state index in [9.17, 15) is 19.3 Å². The third-order valence-electron chi connectivity index (χ3n) is 3.08. The highest BCUT2D eigenvalue weighted by atomic mass is 19.1. The van der Waals surface area contributed by atoms with Crippen LogP contribution in [0.1, 0.15) is 13.8 Å². The highest BCUT2D eigenvalue weighted by molar-refractivity contribution is 5.93. The zero-order valence-electron chi connectivity index (χ0n) is 13.2. The molecule has 22 heavy (non-hydrogen) atoms. The molecule has 0 aromatic heterocycles. The lowest BCUT2D eigenvalue weighted by atomic mass is 10.2. The summed E-state index contributed by atoms with van der Waals surface area (Å²) in [5.74, 6) is -1.14. The van der Waals surface area contributed by atoms with Crippen molar-refractivity contribution in [3.63, 3.8) is 0 Å². The zero-order valence-corrected chi connectivity index (χ0v) is 13.2. The number of nitro benzene ring substituents is 1. The summed E-state index contributed by atoms with van der Waals surface area (Å²) < 4.78 is 14.4. The molecule has 0 bridgehead atoms. The van der Waals surface area contributed by atoms with E-state index in [4.69, 9.17) is 0 Å². The Morgan fingerprint density at radius 2 is 2.00 bits per heavy atom. The Hall–Kier alpha value is -2.22. The number of benzene rings is 1. The molecule has 7 nitrogen and oxygen atoms in total. The SMILES string of the molecule is CCN(CCN(C)C)c1c(F)cc([N+](=O)[O-])cc1NC(C)=O. The lowest BCUT2D eigenvalue weighted by Crippen LogP contribution is -2.33. The van der Waals surface area contributed by atoms with Crippen molar-refractivity contribution >= 4 is 23.0 Å². The molecule has 122 valence electrons. The van der Waals surface area contributed by atoms with E-state index < -0.39 is 22.3 Å². The molecule has 1 amide bonds. The minimum Gasteiger partial charge on any atom is -0.366 e. The number of amides is 1. The van der Waals surface area contributed by atoms with E-state index in [1.165, 1.54) is 13.0 Å². The van der Waals surface area contributed by atoms with Gasteiger partial charge in [0.25, 0.3) is 5.69 Å². The number of halogens is 1. The molecule has 1 aromatic rings. The monoisotopic (exact) mass is 312 g/mol. The van der Waals surface area contributed by atoms with Crippen LogP contribution in [0.2, 0.25) is 0 Å². The Morgan fingerprint density at radius 1 is 1.36 bits per heavy atom. The molecule has 8 heteroatoms. The van der Waals surface area contributed by atoms with E-state index >= 15 is 0 Å². The lowest BCUT2D eigenvalue weighted by molar-refractivity contribution is -0.385. The third kappa shape index (κ3) is 4.66. The van der Waals surface area contributed by atoms with Crippen molar-refractivity contribution in [3.8, 4) is 0 Å². The molecule has 0 unspecified atom stereocenters. The van der Waals surface area contributed by atoms with E-state index in [2.05, 4.69) is 5.32 Å². The summed E-state index contributed by atoms with van der Waals surface area (Å²) in [5.41, 5.74) is -0.112. The minimum atomic E-state index is -0.724. The molecule has 0 heterocycles. The van der Waals surface area contributed by atoms with E-state index in [0.717, 1.165) is 6.07 Å². The number of likely N-dealkylation sites (N-methyl/N-ethyl adjacent to an activating group) is 2. The van der Waals surface area contributed by atoms with Crippen molar-refractivity contribution in [1.82, 2.24) is 4.90 Å². The van der Waals surface area contributed by atoms with E-state index in [0.29, 0.717) is 19.6 Å². The van der Waals surface area contributed by atoms with Crippen LogP contribution in [0.5, 0.6) is 0 Å². The third-order valence-corrected chi connectivity index (χ3v) is 3.08. The number of carbonyl (C=O) groups excluding carboxylic acids is 1. The van der Waals surface area contributed by atoms with Gasteiger partial charge in [0.1, 0.15) is 0 Å². The van der Waals surface area contributed by atoms with E-state index in [1.54, 1.807) is 4.90 Å². The highest BCUT2D eigenvalue weighted by Gasteiger charge is 2.21. The van der Waals surface area contributed by atoms with Gasteiger partial charge in [-0.15, -0.1) is 0 Å². The predicted molar refractivity (Wildman–Crippen MR) is 83.8 cm³/mol. The van der Waals surface area contributed by atoms with Gasteiger partial charge in [0, 0.05) is 32.6 Å². The van der Waals surface area contributed by atoms with Gasteiger partial charge in [-0.1, -0.05) is 0 Å². The van der Waals surface area contributed by atoms with Gasteiger partial charge in [0.05, 0.1) is 22.4 Å². The molecule has 0 aliphatic carbocycles. The van der Waals surface area contributed by atoms with Crippen molar-refractivity contribution in [2.45, 2.75) is 13.8 Å². The maximum atomic E-state index is 14.4. The van der Waals surface area contributed by atoms with Crippen LogP contribution in [-0.4, -0.2) is 49.5 Å². The van der Waals surface area contributed by atoms with Gasteiger partial charge in [0.2, 0.25) is 5.91 Å². The molecule has 0 aliphatic heterocycles. The van der Waals surface area contributed by atoms with E-state index in [-0.39, 0.29) is 11.4 Å². The molecule has 0 fully saturated rings. The first-order chi connectivity index (χ1) is 10.3. The first-order valence-corrected chi connectivity index (χ1v) is 6.91. The largest absolute Gasteiger partial charge is 0.366 e. The van der Waals surface area contributed by atoms with Gasteiger partial charge >= 0.3 is 0 Å². The normalized spacial score (nSPS) is 10.6. The number of hydrogen-bond acceptors (Lipinski definition) is 5. The number of hydrogen-bond donors (Lipinski definition) is 1. The van der Waals surface area contributed by atoms with Crippen LogP contribution < -0.4 is 10.2 Å². The van der Waals surface area contributed by atoms with Gasteiger partial charge < -0.3 is 15.1 Å². The van der Waals surface area contributed by atoms with Gasteiger partial charge in [-0.05, 0) is 21.0 Å². The van der Waals surface area contributed by atoms with E-state index in [1.807, 2.05) is 25.9 Å². The molecule has 0 atom stereocenters. The Balaban J connectivity index is 3.29. The van der Waals surface area contributed by atoms with Crippen molar-refractivity contribution in [2.75, 3.05) is 43.9 Å². The highest BCUT2D eigenvalue weighted by Crippen LogP contribution is 2.33. The summed E-state index contributed by atoms with van der Waals surface area (Å²) in [7, 11) is 3.80. The zero-order chi connectivity index (χ0) is 16.9. The summed E-state index contributed by atoms with van der Waals surface area (Å²) in [6.07, 6.45) is 0. The Bertz CT molecular complexity index is 563. The molecule has 1 aromatic carbocycles. The van der Waals surface area contributed by atoms with Crippen LogP contribution in [-0.2, 0) is 4.79 Å². The molecule has 0 radical (unpaired) electrons. The molecule has 0 saturated heterocycles. The number of nitrogens with one attached hydrogen (secondary N) is 1. The molecule has 0 spiro atoms. The van der Waals surface area contributed by atoms with Crippen molar-refractivity contribution in [2.24, 2.45) is 0 Å². The Labute approximate surface area is 128 Å². The molecule has 1 rings (SSSR count). The second kappa shape index (κ2) is 7.69. The lowest BCUT2D eigenvalue weighted by Gasteiger charge is -2.27. The standard InChI is InChI=1S/C14H21FN4O3/c1-5-18(7-6-17(3)4)14-12(15)8-11(19(21)22)9-13(14)16-10(2)20/h8-9H,5-7H2,1-4H3,(H,16,20). The predicted octanol–water partition coefficient (Wildman–Crippen LogP) is 2.08. The van der Waals surface area contributed by atoms with Crippen molar-refractivity contribution in [1.29, 1.82) is 0 Å². The van der Waals surface area contributed by atoms with Gasteiger partial charge in [0.15, 0.2) is 5.82 Å². The topological polar surface area (TPSA) is 78.7 Å². The minimum absolute atomic E-state index is 0.111. The smallest absolute Gasteiger partial charge is 0.274 e. The number of anilines is 2.